The van der Waals surface area contributed by atoms with E-state index in [0.29, 0.717) is 5.88 Å². The van der Waals surface area contributed by atoms with Gasteiger partial charge >= 0.3 is 8.80 Å². The fourth-order valence-electron chi connectivity index (χ4n) is 0.789. The largest absolute Gasteiger partial charge is 0.734 e. The molecule has 0 bridgehead atoms. The van der Waals surface area contributed by atoms with Crippen LogP contribution >= 0.6 is 11.6 Å². The Morgan fingerprint density at radius 3 is 1.42 bits per heavy atom. The Morgan fingerprint density at radius 2 is 1.32 bits per heavy atom. The van der Waals surface area contributed by atoms with Crippen molar-refractivity contribution in [3.63, 3.8) is 0 Å². The highest BCUT2D eigenvalue weighted by Crippen LogP contribution is 2.12. The number of hydrogen-bond acceptors (Lipinski definition) is 6. The van der Waals surface area contributed by atoms with E-state index < -0.39 is 26.7 Å². The SMILES string of the molecule is C=C[Si](OC(C)=O)(OC(C)=O)OC(C)=O.[CH2]CCCl. The lowest BCUT2D eigenvalue weighted by atomic mass is 10.6. The van der Waals surface area contributed by atoms with E-state index in [9.17, 15) is 14.4 Å². The van der Waals surface area contributed by atoms with Crippen molar-refractivity contribution in [3.8, 4) is 0 Å². The second-order valence-corrected chi connectivity index (χ2v) is 5.74. The molecule has 0 N–H and O–H groups in total. The third-order valence-corrected chi connectivity index (χ3v) is 3.72. The molecule has 0 heterocycles. The minimum Gasteiger partial charge on any atom is -0.452 e. The van der Waals surface area contributed by atoms with Crippen molar-refractivity contribution >= 4 is 38.3 Å². The van der Waals surface area contributed by atoms with Gasteiger partial charge in [-0.25, -0.2) is 0 Å². The molecule has 0 amide bonds. The molecule has 0 unspecified atom stereocenters. The summed E-state index contributed by atoms with van der Waals surface area (Å²) >= 11 is 5.12. The van der Waals surface area contributed by atoms with E-state index in [4.69, 9.17) is 24.9 Å². The Morgan fingerprint density at radius 1 is 1.05 bits per heavy atom. The highest BCUT2D eigenvalue weighted by molar-refractivity contribution is 6.70. The van der Waals surface area contributed by atoms with E-state index in [-0.39, 0.29) is 0 Å². The van der Waals surface area contributed by atoms with Gasteiger partial charge in [-0.15, -0.1) is 11.6 Å². The molecule has 19 heavy (non-hydrogen) atoms. The van der Waals surface area contributed by atoms with Gasteiger partial charge in [0.2, 0.25) is 0 Å². The average molecular weight is 310 g/mol. The van der Waals surface area contributed by atoms with Crippen LogP contribution in [0.2, 0.25) is 0 Å². The summed E-state index contributed by atoms with van der Waals surface area (Å²) in [6, 6.07) is 0. The average Bonchev–Trinajstić information content (AvgIpc) is 2.26. The molecule has 0 fully saturated rings. The molecule has 6 nitrogen and oxygen atoms in total. The van der Waals surface area contributed by atoms with Gasteiger partial charge in [0.05, 0.1) is 0 Å². The molecule has 0 saturated heterocycles. The van der Waals surface area contributed by atoms with E-state index in [0.717, 1.165) is 32.9 Å². The normalized spacial score (nSPS) is 9.53. The van der Waals surface area contributed by atoms with E-state index in [2.05, 4.69) is 13.5 Å². The standard InChI is InChI=1S/C8H12O6Si.C3H6Cl/c1-5-15(12-6(2)9,13-7(3)10)14-8(4)11;1-2-3-4/h5H,1H2,2-4H3;1-3H2. The first-order chi connectivity index (χ1) is 8.72. The molecule has 0 atom stereocenters. The Hall–Kier alpha value is -1.34. The number of alkyl halides is 1. The molecule has 8 heteroatoms. The van der Waals surface area contributed by atoms with Gasteiger partial charge in [0.25, 0.3) is 17.9 Å². The smallest absolute Gasteiger partial charge is 0.452 e. The topological polar surface area (TPSA) is 78.9 Å². The van der Waals surface area contributed by atoms with Crippen LogP contribution in [-0.2, 0) is 27.7 Å². The lowest BCUT2D eigenvalue weighted by Gasteiger charge is -2.22. The molecule has 109 valence electrons. The maximum absolute atomic E-state index is 10.8. The van der Waals surface area contributed by atoms with Crippen LogP contribution in [0.15, 0.2) is 12.3 Å². The van der Waals surface area contributed by atoms with Crippen molar-refractivity contribution in [1.29, 1.82) is 0 Å². The zero-order valence-electron chi connectivity index (χ0n) is 11.2. The maximum atomic E-state index is 10.8. The summed E-state index contributed by atoms with van der Waals surface area (Å²) < 4.78 is 14.1. The van der Waals surface area contributed by atoms with Crippen LogP contribution in [0.25, 0.3) is 0 Å². The quantitative estimate of drug-likeness (QED) is 0.569. The molecular formula is C11H18ClO6Si. The van der Waals surface area contributed by atoms with Crippen molar-refractivity contribution in [2.75, 3.05) is 5.88 Å². The maximum Gasteiger partial charge on any atom is 0.734 e. The fourth-order valence-corrected chi connectivity index (χ4v) is 2.37. The van der Waals surface area contributed by atoms with E-state index >= 15 is 0 Å². The van der Waals surface area contributed by atoms with Crippen LogP contribution < -0.4 is 0 Å². The van der Waals surface area contributed by atoms with Crippen molar-refractivity contribution in [1.82, 2.24) is 0 Å². The zero-order chi connectivity index (χ0) is 15.5. The Labute approximate surface area is 119 Å². The summed E-state index contributed by atoms with van der Waals surface area (Å²) in [7, 11) is -3.74. The van der Waals surface area contributed by atoms with Crippen LogP contribution in [0.1, 0.15) is 27.2 Å². The predicted octanol–water partition coefficient (Wildman–Crippen LogP) is 1.79. The highest BCUT2D eigenvalue weighted by atomic mass is 35.5. The Balaban J connectivity index is 0. The van der Waals surface area contributed by atoms with Crippen molar-refractivity contribution < 1.29 is 27.7 Å². The molecule has 0 aliphatic heterocycles. The fraction of sp³-hybridized carbons (Fsp3) is 0.455. The molecule has 0 rings (SSSR count). The van der Waals surface area contributed by atoms with Gasteiger partial charge in [0.15, 0.2) is 0 Å². The summed E-state index contributed by atoms with van der Waals surface area (Å²) in [5.41, 5.74) is 1.04. The first kappa shape index (κ1) is 20.0. The third kappa shape index (κ3) is 11.5. The number of rotatable bonds is 5. The molecular weight excluding hydrogens is 292 g/mol. The number of halogens is 1. The molecule has 0 aromatic rings. The first-order valence-electron chi connectivity index (χ1n) is 5.30. The number of hydrogen-bond donors (Lipinski definition) is 0. The lowest BCUT2D eigenvalue weighted by molar-refractivity contribution is -0.146. The number of carbonyl (C=O) groups is 3. The minimum atomic E-state index is -3.74. The van der Waals surface area contributed by atoms with Gasteiger partial charge in [-0.1, -0.05) is 13.5 Å². The van der Waals surface area contributed by atoms with E-state index in [1.807, 2.05) is 0 Å². The molecule has 0 aromatic carbocycles. The van der Waals surface area contributed by atoms with Crippen molar-refractivity contribution in [2.24, 2.45) is 0 Å². The number of carbonyl (C=O) groups excluding carboxylic acids is 3. The summed E-state index contributed by atoms with van der Waals surface area (Å²) in [4.78, 5) is 32.3. The molecule has 0 spiro atoms. The molecule has 0 aromatic heterocycles. The van der Waals surface area contributed by atoms with E-state index in [1.165, 1.54) is 0 Å². The Bertz CT molecular complexity index is 288. The summed E-state index contributed by atoms with van der Waals surface area (Å²) in [5, 5.41) is 0. The second-order valence-electron chi connectivity index (χ2n) is 3.13. The van der Waals surface area contributed by atoms with Crippen molar-refractivity contribution in [3.05, 3.63) is 19.2 Å². The van der Waals surface area contributed by atoms with Crippen LogP contribution in [0.5, 0.6) is 0 Å². The van der Waals surface area contributed by atoms with Gasteiger partial charge in [-0.3, -0.25) is 14.4 Å². The molecule has 0 saturated carbocycles. The van der Waals surface area contributed by atoms with Crippen LogP contribution in [0, 0.1) is 6.92 Å². The second kappa shape index (κ2) is 10.6. The minimum absolute atomic E-state index is 0.681. The molecule has 0 aliphatic rings. The van der Waals surface area contributed by atoms with Gasteiger partial charge in [0, 0.05) is 32.4 Å². The zero-order valence-corrected chi connectivity index (χ0v) is 13.0. The van der Waals surface area contributed by atoms with Crippen LogP contribution in [0.4, 0.5) is 0 Å². The van der Waals surface area contributed by atoms with Gasteiger partial charge < -0.3 is 13.3 Å². The molecule has 1 radical (unpaired) electrons. The van der Waals surface area contributed by atoms with Gasteiger partial charge in [0.1, 0.15) is 0 Å². The van der Waals surface area contributed by atoms with Crippen LogP contribution in [0.3, 0.4) is 0 Å². The first-order valence-corrected chi connectivity index (χ1v) is 7.64. The highest BCUT2D eigenvalue weighted by Gasteiger charge is 2.48. The third-order valence-electron chi connectivity index (χ3n) is 1.24. The van der Waals surface area contributed by atoms with Crippen molar-refractivity contribution in [2.45, 2.75) is 27.2 Å². The Kier molecular flexibility index (Phi) is 11.1. The monoisotopic (exact) mass is 309 g/mol. The predicted molar refractivity (Wildman–Crippen MR) is 71.9 cm³/mol. The van der Waals surface area contributed by atoms with Crippen LogP contribution in [-0.4, -0.2) is 32.6 Å². The summed E-state index contributed by atoms with van der Waals surface area (Å²) in [6.45, 7) is 10.1. The lowest BCUT2D eigenvalue weighted by Crippen LogP contribution is -2.47. The van der Waals surface area contributed by atoms with Gasteiger partial charge in [-0.2, -0.15) is 0 Å². The van der Waals surface area contributed by atoms with Gasteiger partial charge in [-0.05, 0) is 6.42 Å². The summed E-state index contributed by atoms with van der Waals surface area (Å²) in [5.74, 6) is -1.47. The van der Waals surface area contributed by atoms with E-state index in [1.54, 1.807) is 0 Å². The molecule has 0 aliphatic carbocycles. The summed E-state index contributed by atoms with van der Waals surface area (Å²) in [6.07, 6.45) is 0.835.